The molecule has 1 aromatic rings. The Kier molecular flexibility index (Phi) is 6.57. The van der Waals surface area contributed by atoms with Gasteiger partial charge in [0.2, 0.25) is 0 Å². The molecule has 0 aromatic heterocycles. The van der Waals surface area contributed by atoms with Crippen LogP contribution in [0, 0.1) is 5.92 Å². The van der Waals surface area contributed by atoms with Crippen molar-refractivity contribution in [1.82, 2.24) is 5.32 Å². The normalized spacial score (nSPS) is 14.9. The van der Waals surface area contributed by atoms with Crippen molar-refractivity contribution in [3.05, 3.63) is 35.9 Å². The maximum Gasteiger partial charge on any atom is 0.00753 e. The van der Waals surface area contributed by atoms with Crippen LogP contribution in [-0.2, 0) is 5.41 Å². The third kappa shape index (κ3) is 4.99. The lowest BCUT2D eigenvalue weighted by Crippen LogP contribution is -2.40. The predicted molar refractivity (Wildman–Crippen MR) is 85.6 cm³/mol. The Morgan fingerprint density at radius 1 is 1.05 bits per heavy atom. The van der Waals surface area contributed by atoms with E-state index in [1.165, 1.54) is 24.8 Å². The van der Waals surface area contributed by atoms with Gasteiger partial charge in [0.15, 0.2) is 0 Å². The van der Waals surface area contributed by atoms with Crippen LogP contribution in [0.4, 0.5) is 0 Å². The minimum absolute atomic E-state index is 0.287. The van der Waals surface area contributed by atoms with Gasteiger partial charge in [0.1, 0.15) is 0 Å². The van der Waals surface area contributed by atoms with E-state index in [4.69, 9.17) is 0 Å². The maximum atomic E-state index is 3.66. The minimum Gasteiger partial charge on any atom is -0.314 e. The van der Waals surface area contributed by atoms with Crippen molar-refractivity contribution < 1.29 is 0 Å². The van der Waals surface area contributed by atoms with E-state index < -0.39 is 0 Å². The number of nitrogens with one attached hydrogen (secondary N) is 1. The smallest absolute Gasteiger partial charge is 0.00753 e. The molecule has 0 saturated carbocycles. The summed E-state index contributed by atoms with van der Waals surface area (Å²) in [5.74, 6) is 0.772. The quantitative estimate of drug-likeness (QED) is 0.711. The summed E-state index contributed by atoms with van der Waals surface area (Å²) in [4.78, 5) is 0. The molecule has 1 atom stereocenters. The summed E-state index contributed by atoms with van der Waals surface area (Å²) >= 11 is 0. The van der Waals surface area contributed by atoms with Gasteiger partial charge in [-0.15, -0.1) is 0 Å². The maximum absolute atomic E-state index is 3.66. The molecule has 0 aliphatic rings. The molecular formula is C18H31N. The first-order chi connectivity index (χ1) is 9.00. The summed E-state index contributed by atoms with van der Waals surface area (Å²) in [6.07, 6.45) is 3.76. The molecular weight excluding hydrogens is 230 g/mol. The first kappa shape index (κ1) is 16.2. The largest absolute Gasteiger partial charge is 0.314 e. The third-order valence-electron chi connectivity index (χ3n) is 4.11. The van der Waals surface area contributed by atoms with Crippen molar-refractivity contribution in [2.75, 3.05) is 6.54 Å². The van der Waals surface area contributed by atoms with Crippen LogP contribution < -0.4 is 5.32 Å². The standard InChI is InChI=1S/C18H31N/c1-6-18(13-12-15(2)3,14-19-16(4)5)17-10-8-7-9-11-17/h7-11,15-16,19H,6,12-14H2,1-5H3. The van der Waals surface area contributed by atoms with E-state index in [9.17, 15) is 0 Å². The van der Waals surface area contributed by atoms with E-state index in [2.05, 4.69) is 70.3 Å². The highest BCUT2D eigenvalue weighted by Crippen LogP contribution is 2.33. The fourth-order valence-corrected chi connectivity index (χ4v) is 2.60. The van der Waals surface area contributed by atoms with Crippen molar-refractivity contribution in [2.45, 2.75) is 65.3 Å². The first-order valence-corrected chi connectivity index (χ1v) is 7.79. The Bertz CT molecular complexity index is 328. The van der Waals surface area contributed by atoms with Crippen molar-refractivity contribution >= 4 is 0 Å². The molecule has 108 valence electrons. The number of hydrogen-bond donors (Lipinski definition) is 1. The lowest BCUT2D eigenvalue weighted by Gasteiger charge is -2.35. The zero-order valence-corrected chi connectivity index (χ0v) is 13.4. The van der Waals surface area contributed by atoms with Gasteiger partial charge in [0.25, 0.3) is 0 Å². The molecule has 0 amide bonds. The summed E-state index contributed by atoms with van der Waals surface area (Å²) in [7, 11) is 0. The molecule has 1 aromatic carbocycles. The molecule has 19 heavy (non-hydrogen) atoms. The van der Waals surface area contributed by atoms with Gasteiger partial charge in [-0.2, -0.15) is 0 Å². The molecule has 0 bridgehead atoms. The van der Waals surface area contributed by atoms with Gasteiger partial charge in [0.05, 0.1) is 0 Å². The topological polar surface area (TPSA) is 12.0 Å². The van der Waals surface area contributed by atoms with Crippen molar-refractivity contribution in [3.63, 3.8) is 0 Å². The van der Waals surface area contributed by atoms with E-state index in [0.717, 1.165) is 12.5 Å². The molecule has 1 heteroatoms. The Balaban J connectivity index is 2.92. The minimum atomic E-state index is 0.287. The van der Waals surface area contributed by atoms with Crippen LogP contribution in [0.2, 0.25) is 0 Å². The molecule has 0 fully saturated rings. The SMILES string of the molecule is CCC(CCC(C)C)(CNC(C)C)c1ccccc1. The van der Waals surface area contributed by atoms with Crippen LogP contribution in [-0.4, -0.2) is 12.6 Å². The second kappa shape index (κ2) is 7.69. The summed E-state index contributed by atoms with van der Waals surface area (Å²) in [6.45, 7) is 12.5. The zero-order valence-electron chi connectivity index (χ0n) is 13.4. The first-order valence-electron chi connectivity index (χ1n) is 7.79. The third-order valence-corrected chi connectivity index (χ3v) is 4.11. The van der Waals surface area contributed by atoms with Crippen molar-refractivity contribution in [1.29, 1.82) is 0 Å². The lowest BCUT2D eigenvalue weighted by molar-refractivity contribution is 0.316. The molecule has 0 aliphatic heterocycles. The second-order valence-corrected chi connectivity index (χ2v) is 6.47. The van der Waals surface area contributed by atoms with E-state index in [1.807, 2.05) is 0 Å². The molecule has 1 unspecified atom stereocenters. The highest BCUT2D eigenvalue weighted by atomic mass is 14.9. The van der Waals surface area contributed by atoms with Gasteiger partial charge >= 0.3 is 0 Å². The van der Waals surface area contributed by atoms with Crippen LogP contribution in [0.15, 0.2) is 30.3 Å². The summed E-state index contributed by atoms with van der Waals surface area (Å²) < 4.78 is 0. The van der Waals surface area contributed by atoms with Gasteiger partial charge in [-0.3, -0.25) is 0 Å². The zero-order chi connectivity index (χ0) is 14.3. The fourth-order valence-electron chi connectivity index (χ4n) is 2.60. The summed E-state index contributed by atoms with van der Waals surface area (Å²) in [6, 6.07) is 11.6. The highest BCUT2D eigenvalue weighted by molar-refractivity contribution is 5.26. The van der Waals surface area contributed by atoms with Crippen LogP contribution in [0.5, 0.6) is 0 Å². The van der Waals surface area contributed by atoms with Crippen LogP contribution >= 0.6 is 0 Å². The average Bonchev–Trinajstić information content (AvgIpc) is 2.40. The van der Waals surface area contributed by atoms with E-state index in [0.29, 0.717) is 6.04 Å². The van der Waals surface area contributed by atoms with Gasteiger partial charge in [-0.1, -0.05) is 71.4 Å². The van der Waals surface area contributed by atoms with E-state index in [1.54, 1.807) is 0 Å². The van der Waals surface area contributed by atoms with E-state index >= 15 is 0 Å². The molecule has 0 aliphatic carbocycles. The Morgan fingerprint density at radius 2 is 1.68 bits per heavy atom. The molecule has 1 rings (SSSR count). The predicted octanol–water partition coefficient (Wildman–Crippen LogP) is 4.77. The Morgan fingerprint density at radius 3 is 2.16 bits per heavy atom. The van der Waals surface area contributed by atoms with Crippen LogP contribution in [0.3, 0.4) is 0 Å². The second-order valence-electron chi connectivity index (χ2n) is 6.47. The fraction of sp³-hybridized carbons (Fsp3) is 0.667. The molecule has 1 nitrogen and oxygen atoms in total. The highest BCUT2D eigenvalue weighted by Gasteiger charge is 2.30. The lowest BCUT2D eigenvalue weighted by atomic mass is 9.73. The van der Waals surface area contributed by atoms with Gasteiger partial charge in [-0.25, -0.2) is 0 Å². The number of rotatable bonds is 8. The number of hydrogen-bond acceptors (Lipinski definition) is 1. The Labute approximate surface area is 119 Å². The number of benzene rings is 1. The van der Waals surface area contributed by atoms with E-state index in [-0.39, 0.29) is 5.41 Å². The average molecular weight is 261 g/mol. The molecule has 1 N–H and O–H groups in total. The molecule has 0 radical (unpaired) electrons. The Hall–Kier alpha value is -0.820. The van der Waals surface area contributed by atoms with Gasteiger partial charge in [-0.05, 0) is 24.3 Å². The molecule has 0 heterocycles. The molecule has 0 saturated heterocycles. The van der Waals surface area contributed by atoms with Gasteiger partial charge < -0.3 is 5.32 Å². The van der Waals surface area contributed by atoms with Crippen LogP contribution in [0.1, 0.15) is 59.4 Å². The van der Waals surface area contributed by atoms with Crippen molar-refractivity contribution in [3.8, 4) is 0 Å². The van der Waals surface area contributed by atoms with Crippen LogP contribution in [0.25, 0.3) is 0 Å². The van der Waals surface area contributed by atoms with Crippen molar-refractivity contribution in [2.24, 2.45) is 5.92 Å². The summed E-state index contributed by atoms with van der Waals surface area (Å²) in [5.41, 5.74) is 1.78. The molecule has 0 spiro atoms. The van der Waals surface area contributed by atoms with Gasteiger partial charge in [0, 0.05) is 18.0 Å². The monoisotopic (exact) mass is 261 g/mol. The summed E-state index contributed by atoms with van der Waals surface area (Å²) in [5, 5.41) is 3.66.